The van der Waals surface area contributed by atoms with Gasteiger partial charge in [0.2, 0.25) is 5.13 Å². The molecule has 116 valence electrons. The van der Waals surface area contributed by atoms with Crippen molar-refractivity contribution in [3.8, 4) is 0 Å². The Morgan fingerprint density at radius 1 is 1.13 bits per heavy atom. The van der Waals surface area contributed by atoms with E-state index in [1.54, 1.807) is 17.3 Å². The van der Waals surface area contributed by atoms with Crippen LogP contribution in [-0.4, -0.2) is 16.1 Å². The summed E-state index contributed by atoms with van der Waals surface area (Å²) in [6, 6.07) is 15.3. The van der Waals surface area contributed by atoms with E-state index in [1.807, 2.05) is 48.5 Å². The quantitative estimate of drug-likeness (QED) is 0.667. The number of thioether (sulfide) groups is 1. The highest BCUT2D eigenvalue weighted by molar-refractivity contribution is 7.98. The second-order valence-electron chi connectivity index (χ2n) is 4.64. The van der Waals surface area contributed by atoms with Crippen LogP contribution in [0.5, 0.6) is 0 Å². The summed E-state index contributed by atoms with van der Waals surface area (Å²) in [6.07, 6.45) is 0. The second-order valence-corrected chi connectivity index (χ2v) is 6.96. The number of hydrogen-bond donors (Lipinski definition) is 1. The van der Waals surface area contributed by atoms with Crippen molar-refractivity contribution in [3.05, 3.63) is 70.2 Å². The van der Waals surface area contributed by atoms with Crippen LogP contribution in [0.3, 0.4) is 0 Å². The third kappa shape index (κ3) is 4.54. The SMILES string of the molecule is O=C(Nc1nncs1)c1ccc(CSc2ccc(Cl)cc2)cc1. The number of hydrogen-bond acceptors (Lipinski definition) is 5. The van der Waals surface area contributed by atoms with E-state index in [4.69, 9.17) is 11.6 Å². The number of rotatable bonds is 5. The summed E-state index contributed by atoms with van der Waals surface area (Å²) >= 11 is 8.89. The Morgan fingerprint density at radius 2 is 1.87 bits per heavy atom. The molecule has 1 aromatic heterocycles. The van der Waals surface area contributed by atoms with Crippen LogP contribution in [-0.2, 0) is 5.75 Å². The van der Waals surface area contributed by atoms with Crippen molar-refractivity contribution < 1.29 is 4.79 Å². The Morgan fingerprint density at radius 3 is 2.52 bits per heavy atom. The predicted octanol–water partition coefficient (Wildman–Crippen LogP) is 4.74. The molecule has 23 heavy (non-hydrogen) atoms. The summed E-state index contributed by atoms with van der Waals surface area (Å²) in [6.45, 7) is 0. The van der Waals surface area contributed by atoms with E-state index in [0.29, 0.717) is 10.7 Å². The molecule has 0 aliphatic carbocycles. The molecule has 0 saturated carbocycles. The van der Waals surface area contributed by atoms with Crippen molar-refractivity contribution in [2.24, 2.45) is 0 Å². The second kappa shape index (κ2) is 7.59. The van der Waals surface area contributed by atoms with E-state index in [2.05, 4.69) is 15.5 Å². The van der Waals surface area contributed by atoms with Crippen LogP contribution >= 0.6 is 34.7 Å². The minimum atomic E-state index is -0.182. The molecule has 0 fully saturated rings. The van der Waals surface area contributed by atoms with Crippen LogP contribution in [0.1, 0.15) is 15.9 Å². The Labute approximate surface area is 146 Å². The van der Waals surface area contributed by atoms with Crippen molar-refractivity contribution in [1.29, 1.82) is 0 Å². The van der Waals surface area contributed by atoms with Crippen molar-refractivity contribution in [2.75, 3.05) is 5.32 Å². The first-order chi connectivity index (χ1) is 11.2. The van der Waals surface area contributed by atoms with Gasteiger partial charge in [-0.3, -0.25) is 10.1 Å². The van der Waals surface area contributed by atoms with Gasteiger partial charge in [-0.05, 0) is 42.0 Å². The third-order valence-corrected chi connectivity index (χ3v) is 4.96. The number of nitrogens with one attached hydrogen (secondary N) is 1. The molecule has 1 N–H and O–H groups in total. The molecule has 1 amide bonds. The normalized spacial score (nSPS) is 10.5. The lowest BCUT2D eigenvalue weighted by Gasteiger charge is -2.05. The molecule has 0 atom stereocenters. The summed E-state index contributed by atoms with van der Waals surface area (Å²) in [5.74, 6) is 0.651. The molecule has 4 nitrogen and oxygen atoms in total. The van der Waals surface area contributed by atoms with Crippen molar-refractivity contribution in [1.82, 2.24) is 10.2 Å². The zero-order valence-electron chi connectivity index (χ0n) is 11.9. The fourth-order valence-corrected chi connectivity index (χ4v) is 3.27. The molecule has 3 rings (SSSR count). The molecular weight excluding hydrogens is 350 g/mol. The first-order valence-electron chi connectivity index (χ1n) is 6.75. The van der Waals surface area contributed by atoms with Gasteiger partial charge in [0.1, 0.15) is 5.51 Å². The molecule has 0 spiro atoms. The summed E-state index contributed by atoms with van der Waals surface area (Å²) < 4.78 is 0. The van der Waals surface area contributed by atoms with Crippen LogP contribution in [0.4, 0.5) is 5.13 Å². The maximum absolute atomic E-state index is 12.0. The molecular formula is C16H12ClN3OS2. The molecule has 0 aliphatic heterocycles. The number of benzene rings is 2. The van der Waals surface area contributed by atoms with Gasteiger partial charge >= 0.3 is 0 Å². The molecule has 3 aromatic rings. The zero-order valence-corrected chi connectivity index (χ0v) is 14.3. The maximum atomic E-state index is 12.0. The highest BCUT2D eigenvalue weighted by Crippen LogP contribution is 2.24. The number of nitrogens with zero attached hydrogens (tertiary/aromatic N) is 2. The van der Waals surface area contributed by atoms with Crippen LogP contribution in [0.15, 0.2) is 58.9 Å². The van der Waals surface area contributed by atoms with Crippen LogP contribution in [0, 0.1) is 0 Å². The largest absolute Gasteiger partial charge is 0.296 e. The van der Waals surface area contributed by atoms with Gasteiger partial charge in [0.05, 0.1) is 0 Å². The predicted molar refractivity (Wildman–Crippen MR) is 95.3 cm³/mol. The number of carbonyl (C=O) groups excluding carboxylic acids is 1. The Bertz CT molecular complexity index is 774. The first kappa shape index (κ1) is 16.0. The topological polar surface area (TPSA) is 54.9 Å². The number of halogens is 1. The summed E-state index contributed by atoms with van der Waals surface area (Å²) in [5.41, 5.74) is 3.32. The maximum Gasteiger partial charge on any atom is 0.257 e. The van der Waals surface area contributed by atoms with Crippen LogP contribution in [0.2, 0.25) is 5.02 Å². The summed E-state index contributed by atoms with van der Waals surface area (Å²) in [4.78, 5) is 13.2. The standard InChI is InChI=1S/C16H12ClN3OS2/c17-13-5-7-14(8-6-13)22-9-11-1-3-12(4-2-11)15(21)19-16-20-18-10-23-16/h1-8,10H,9H2,(H,19,20,21). The van der Waals surface area contributed by atoms with Crippen LogP contribution < -0.4 is 5.32 Å². The van der Waals surface area contributed by atoms with E-state index in [0.717, 1.165) is 21.2 Å². The number of carbonyl (C=O) groups is 1. The van der Waals surface area contributed by atoms with Gasteiger partial charge in [-0.15, -0.1) is 22.0 Å². The van der Waals surface area contributed by atoms with Gasteiger partial charge < -0.3 is 0 Å². The van der Waals surface area contributed by atoms with E-state index >= 15 is 0 Å². The number of anilines is 1. The lowest BCUT2D eigenvalue weighted by atomic mass is 10.1. The average molecular weight is 362 g/mol. The molecule has 7 heteroatoms. The minimum absolute atomic E-state index is 0.182. The molecule has 0 aliphatic rings. The van der Waals surface area contributed by atoms with Gasteiger partial charge in [0, 0.05) is 21.2 Å². The molecule has 2 aromatic carbocycles. The van der Waals surface area contributed by atoms with E-state index in [1.165, 1.54) is 11.3 Å². The van der Waals surface area contributed by atoms with Crippen molar-refractivity contribution in [2.45, 2.75) is 10.6 Å². The van der Waals surface area contributed by atoms with Gasteiger partial charge in [-0.1, -0.05) is 35.1 Å². The lowest BCUT2D eigenvalue weighted by Crippen LogP contribution is -2.11. The van der Waals surface area contributed by atoms with Gasteiger partial charge in [-0.25, -0.2) is 0 Å². The molecule has 0 unspecified atom stereocenters. The molecule has 0 bridgehead atoms. The fourth-order valence-electron chi connectivity index (χ4n) is 1.85. The summed E-state index contributed by atoms with van der Waals surface area (Å²) in [7, 11) is 0. The first-order valence-corrected chi connectivity index (χ1v) is 9.00. The third-order valence-electron chi connectivity index (χ3n) is 3.02. The Hall–Kier alpha value is -1.89. The number of aromatic nitrogens is 2. The minimum Gasteiger partial charge on any atom is -0.296 e. The van der Waals surface area contributed by atoms with E-state index in [9.17, 15) is 4.79 Å². The highest BCUT2D eigenvalue weighted by atomic mass is 35.5. The fraction of sp³-hybridized carbons (Fsp3) is 0.0625. The smallest absolute Gasteiger partial charge is 0.257 e. The average Bonchev–Trinajstić information content (AvgIpc) is 3.08. The van der Waals surface area contributed by atoms with E-state index in [-0.39, 0.29) is 5.91 Å². The van der Waals surface area contributed by atoms with Gasteiger partial charge in [0.25, 0.3) is 5.91 Å². The zero-order chi connectivity index (χ0) is 16.1. The van der Waals surface area contributed by atoms with Gasteiger partial charge in [-0.2, -0.15) is 0 Å². The van der Waals surface area contributed by atoms with Crippen molar-refractivity contribution >= 4 is 45.7 Å². The monoisotopic (exact) mass is 361 g/mol. The van der Waals surface area contributed by atoms with Crippen molar-refractivity contribution in [3.63, 3.8) is 0 Å². The molecule has 0 radical (unpaired) electrons. The van der Waals surface area contributed by atoms with E-state index < -0.39 is 0 Å². The number of amides is 1. The summed E-state index contributed by atoms with van der Waals surface area (Å²) in [5, 5.41) is 11.4. The van der Waals surface area contributed by atoms with Gasteiger partial charge in [0.15, 0.2) is 0 Å². The highest BCUT2D eigenvalue weighted by Gasteiger charge is 2.08. The molecule has 1 heterocycles. The Kier molecular flexibility index (Phi) is 5.27. The molecule has 0 saturated heterocycles. The van der Waals surface area contributed by atoms with Crippen LogP contribution in [0.25, 0.3) is 0 Å². The Balaban J connectivity index is 1.58. The lowest BCUT2D eigenvalue weighted by molar-refractivity contribution is 0.102.